The maximum Gasteiger partial charge on any atom is 0.0600 e. The van der Waals surface area contributed by atoms with Crippen molar-refractivity contribution in [2.24, 2.45) is 11.8 Å². The van der Waals surface area contributed by atoms with Gasteiger partial charge in [0.1, 0.15) is 0 Å². The van der Waals surface area contributed by atoms with E-state index in [2.05, 4.69) is 6.58 Å². The van der Waals surface area contributed by atoms with Crippen LogP contribution in [0.3, 0.4) is 0 Å². The van der Waals surface area contributed by atoms with Crippen LogP contribution < -0.4 is 0 Å². The van der Waals surface area contributed by atoms with Crippen molar-refractivity contribution in [3.8, 4) is 0 Å². The molecule has 2 nitrogen and oxygen atoms in total. The summed E-state index contributed by atoms with van der Waals surface area (Å²) in [6.45, 7) is 9.80. The number of hydrogen-bond donors (Lipinski definition) is 2. The summed E-state index contributed by atoms with van der Waals surface area (Å²) in [4.78, 5) is 0. The number of aliphatic hydroxyl groups is 2. The monoisotopic (exact) mass is 172 g/mol. The lowest BCUT2D eigenvalue weighted by Crippen LogP contribution is -2.18. The Bertz CT molecular complexity index is 141. The van der Waals surface area contributed by atoms with Crippen LogP contribution >= 0.6 is 0 Å². The molecular weight excluding hydrogens is 152 g/mol. The summed E-state index contributed by atoms with van der Waals surface area (Å²) < 4.78 is 0. The van der Waals surface area contributed by atoms with Crippen molar-refractivity contribution in [3.63, 3.8) is 0 Å². The smallest absolute Gasteiger partial charge is 0.0600 e. The number of aliphatic hydroxyl groups excluding tert-OH is 2. The van der Waals surface area contributed by atoms with E-state index in [1.807, 2.05) is 20.8 Å². The molecule has 0 unspecified atom stereocenters. The molecule has 0 aromatic carbocycles. The van der Waals surface area contributed by atoms with Gasteiger partial charge in [0.2, 0.25) is 0 Å². The second kappa shape index (κ2) is 5.33. The van der Waals surface area contributed by atoms with Crippen molar-refractivity contribution in [1.29, 1.82) is 0 Å². The SMILES string of the molecule is C=C(C[C@@H](O)C(C)C)[C@H](C)CO. The molecule has 0 rings (SSSR count). The minimum atomic E-state index is -0.327. The Kier molecular flexibility index (Phi) is 5.18. The van der Waals surface area contributed by atoms with Gasteiger partial charge in [-0.1, -0.05) is 32.9 Å². The normalized spacial score (nSPS) is 16.2. The lowest BCUT2D eigenvalue weighted by Gasteiger charge is -2.18. The Labute approximate surface area is 74.9 Å². The minimum absolute atomic E-state index is 0.0957. The van der Waals surface area contributed by atoms with E-state index in [-0.39, 0.29) is 24.5 Å². The lowest BCUT2D eigenvalue weighted by atomic mass is 9.93. The third kappa shape index (κ3) is 3.88. The molecule has 0 saturated heterocycles. The third-order valence-corrected chi connectivity index (χ3v) is 2.21. The van der Waals surface area contributed by atoms with Gasteiger partial charge in [-0.2, -0.15) is 0 Å². The molecule has 0 aromatic heterocycles. The van der Waals surface area contributed by atoms with Crippen LogP contribution in [0.2, 0.25) is 0 Å². The Morgan fingerprint density at radius 2 is 1.83 bits per heavy atom. The first kappa shape index (κ1) is 11.7. The van der Waals surface area contributed by atoms with Gasteiger partial charge in [-0.25, -0.2) is 0 Å². The quantitative estimate of drug-likeness (QED) is 0.618. The molecule has 0 bridgehead atoms. The molecule has 0 aromatic rings. The van der Waals surface area contributed by atoms with E-state index in [4.69, 9.17) is 5.11 Å². The summed E-state index contributed by atoms with van der Waals surface area (Å²) in [6, 6.07) is 0. The largest absolute Gasteiger partial charge is 0.396 e. The molecule has 0 fully saturated rings. The molecule has 0 spiro atoms. The highest BCUT2D eigenvalue weighted by atomic mass is 16.3. The van der Waals surface area contributed by atoms with E-state index < -0.39 is 0 Å². The highest BCUT2D eigenvalue weighted by Crippen LogP contribution is 2.17. The molecule has 12 heavy (non-hydrogen) atoms. The second-order valence-electron chi connectivity index (χ2n) is 3.76. The van der Waals surface area contributed by atoms with Gasteiger partial charge in [0.25, 0.3) is 0 Å². The van der Waals surface area contributed by atoms with Crippen LogP contribution in [0, 0.1) is 11.8 Å². The van der Waals surface area contributed by atoms with E-state index in [9.17, 15) is 5.11 Å². The fraction of sp³-hybridized carbons (Fsp3) is 0.800. The predicted octanol–water partition coefficient (Wildman–Crippen LogP) is 1.58. The van der Waals surface area contributed by atoms with Crippen molar-refractivity contribution in [3.05, 3.63) is 12.2 Å². The van der Waals surface area contributed by atoms with E-state index in [0.29, 0.717) is 6.42 Å². The average molecular weight is 172 g/mol. The van der Waals surface area contributed by atoms with Crippen LogP contribution in [0.25, 0.3) is 0 Å². The molecule has 0 heterocycles. The van der Waals surface area contributed by atoms with Crippen molar-refractivity contribution < 1.29 is 10.2 Å². The Hall–Kier alpha value is -0.340. The molecule has 0 saturated carbocycles. The van der Waals surface area contributed by atoms with Gasteiger partial charge in [-0.15, -0.1) is 0 Å². The topological polar surface area (TPSA) is 40.5 Å². The van der Waals surface area contributed by atoms with Gasteiger partial charge in [-0.05, 0) is 18.3 Å². The molecule has 0 radical (unpaired) electrons. The zero-order valence-electron chi connectivity index (χ0n) is 8.25. The average Bonchev–Trinajstić information content (AvgIpc) is 2.02. The zero-order valence-corrected chi connectivity index (χ0v) is 8.25. The first-order chi connectivity index (χ1) is 5.49. The highest BCUT2D eigenvalue weighted by molar-refractivity contribution is 5.00. The van der Waals surface area contributed by atoms with Gasteiger partial charge in [-0.3, -0.25) is 0 Å². The molecule has 72 valence electrons. The summed E-state index contributed by atoms with van der Waals surface area (Å²) in [6.07, 6.45) is 0.269. The van der Waals surface area contributed by atoms with E-state index in [1.54, 1.807) is 0 Å². The van der Waals surface area contributed by atoms with Gasteiger partial charge in [0, 0.05) is 6.61 Å². The Balaban J connectivity index is 3.84. The first-order valence-corrected chi connectivity index (χ1v) is 4.45. The summed E-state index contributed by atoms with van der Waals surface area (Å²) in [7, 11) is 0. The van der Waals surface area contributed by atoms with Crippen LogP contribution in [0.5, 0.6) is 0 Å². The standard InChI is InChI=1S/C10H20O2/c1-7(2)10(12)5-8(3)9(4)6-11/h7,9-12H,3,5-6H2,1-2,4H3/t9-,10-/m1/s1. The second-order valence-corrected chi connectivity index (χ2v) is 3.76. The van der Waals surface area contributed by atoms with Crippen LogP contribution in [-0.4, -0.2) is 22.9 Å². The van der Waals surface area contributed by atoms with Crippen LogP contribution in [0.15, 0.2) is 12.2 Å². The molecular formula is C10H20O2. The summed E-state index contributed by atoms with van der Waals surface area (Å²) in [5, 5.41) is 18.3. The van der Waals surface area contributed by atoms with Crippen LogP contribution in [0.1, 0.15) is 27.2 Å². The zero-order chi connectivity index (χ0) is 9.72. The Morgan fingerprint density at radius 3 is 2.17 bits per heavy atom. The summed E-state index contributed by atoms with van der Waals surface area (Å²) in [5.74, 6) is 0.353. The van der Waals surface area contributed by atoms with Crippen LogP contribution in [-0.2, 0) is 0 Å². The molecule has 0 aliphatic rings. The van der Waals surface area contributed by atoms with Crippen LogP contribution in [0.4, 0.5) is 0 Å². The van der Waals surface area contributed by atoms with E-state index in [0.717, 1.165) is 5.57 Å². The fourth-order valence-corrected chi connectivity index (χ4v) is 0.835. The molecule has 0 aliphatic heterocycles. The Morgan fingerprint density at radius 1 is 1.33 bits per heavy atom. The lowest BCUT2D eigenvalue weighted by molar-refractivity contribution is 0.121. The van der Waals surface area contributed by atoms with E-state index in [1.165, 1.54) is 0 Å². The van der Waals surface area contributed by atoms with E-state index >= 15 is 0 Å². The molecule has 2 N–H and O–H groups in total. The minimum Gasteiger partial charge on any atom is -0.396 e. The number of rotatable bonds is 5. The summed E-state index contributed by atoms with van der Waals surface area (Å²) in [5.41, 5.74) is 0.929. The van der Waals surface area contributed by atoms with Crippen molar-refractivity contribution in [2.75, 3.05) is 6.61 Å². The maximum absolute atomic E-state index is 9.50. The van der Waals surface area contributed by atoms with Crippen molar-refractivity contribution >= 4 is 0 Å². The van der Waals surface area contributed by atoms with Gasteiger partial charge in [0.05, 0.1) is 6.10 Å². The fourth-order valence-electron chi connectivity index (χ4n) is 0.835. The molecule has 0 aliphatic carbocycles. The highest BCUT2D eigenvalue weighted by Gasteiger charge is 2.13. The first-order valence-electron chi connectivity index (χ1n) is 4.45. The summed E-state index contributed by atoms with van der Waals surface area (Å²) >= 11 is 0. The molecule has 2 heteroatoms. The van der Waals surface area contributed by atoms with Crippen molar-refractivity contribution in [1.82, 2.24) is 0 Å². The number of hydrogen-bond acceptors (Lipinski definition) is 2. The molecule has 2 atom stereocenters. The maximum atomic E-state index is 9.50. The predicted molar refractivity (Wildman–Crippen MR) is 50.9 cm³/mol. The third-order valence-electron chi connectivity index (χ3n) is 2.21. The van der Waals surface area contributed by atoms with Gasteiger partial charge < -0.3 is 10.2 Å². The van der Waals surface area contributed by atoms with Crippen molar-refractivity contribution in [2.45, 2.75) is 33.3 Å². The van der Waals surface area contributed by atoms with Gasteiger partial charge >= 0.3 is 0 Å². The molecule has 0 amide bonds. The van der Waals surface area contributed by atoms with Gasteiger partial charge in [0.15, 0.2) is 0 Å².